The second kappa shape index (κ2) is 6.59. The average molecular weight is 348 g/mol. The van der Waals surface area contributed by atoms with Crippen molar-refractivity contribution < 1.29 is 18.5 Å². The molecule has 0 spiro atoms. The van der Waals surface area contributed by atoms with Crippen LogP contribution in [0.2, 0.25) is 0 Å². The highest BCUT2D eigenvalue weighted by Crippen LogP contribution is 2.28. The lowest BCUT2D eigenvalue weighted by atomic mass is 9.93. The Morgan fingerprint density at radius 3 is 2.68 bits per heavy atom. The Hall–Kier alpha value is -2.22. The maximum Gasteiger partial charge on any atom is 0.276 e. The van der Waals surface area contributed by atoms with E-state index in [2.05, 4.69) is 15.4 Å². The van der Waals surface area contributed by atoms with Crippen molar-refractivity contribution in [3.63, 3.8) is 0 Å². The van der Waals surface area contributed by atoms with Crippen LogP contribution in [0.15, 0.2) is 15.0 Å². The van der Waals surface area contributed by atoms with Crippen molar-refractivity contribution in [2.75, 3.05) is 19.8 Å². The second-order valence-corrected chi connectivity index (χ2v) is 7.55. The summed E-state index contributed by atoms with van der Waals surface area (Å²) in [4.78, 5) is 14.6. The van der Waals surface area contributed by atoms with Gasteiger partial charge < -0.3 is 18.6 Å². The molecule has 1 atom stereocenters. The molecule has 1 fully saturated rings. The third-order valence-electron chi connectivity index (χ3n) is 4.09. The first-order valence-corrected chi connectivity index (χ1v) is 8.46. The van der Waals surface area contributed by atoms with Gasteiger partial charge in [-0.3, -0.25) is 4.79 Å². The zero-order chi connectivity index (χ0) is 18.2. The first-order valence-electron chi connectivity index (χ1n) is 8.46. The van der Waals surface area contributed by atoms with E-state index in [-0.39, 0.29) is 22.9 Å². The molecule has 8 heteroatoms. The number of aromatic nitrogens is 3. The Morgan fingerprint density at radius 2 is 2.08 bits per heavy atom. The lowest BCUT2D eigenvalue weighted by molar-refractivity contribution is -0.0112. The van der Waals surface area contributed by atoms with Crippen molar-refractivity contribution >= 4 is 5.91 Å². The van der Waals surface area contributed by atoms with Gasteiger partial charge in [0.1, 0.15) is 11.8 Å². The van der Waals surface area contributed by atoms with Gasteiger partial charge in [0.2, 0.25) is 11.8 Å². The van der Waals surface area contributed by atoms with Crippen molar-refractivity contribution in [1.82, 2.24) is 20.3 Å². The van der Waals surface area contributed by atoms with Crippen molar-refractivity contribution in [3.05, 3.63) is 29.3 Å². The third-order valence-corrected chi connectivity index (χ3v) is 4.09. The quantitative estimate of drug-likeness (QED) is 0.841. The lowest BCUT2D eigenvalue weighted by Gasteiger charge is -2.32. The van der Waals surface area contributed by atoms with E-state index < -0.39 is 6.04 Å². The zero-order valence-corrected chi connectivity index (χ0v) is 15.3. The molecule has 2 aromatic rings. The molecule has 1 amide bonds. The third kappa shape index (κ3) is 3.58. The van der Waals surface area contributed by atoms with E-state index in [0.717, 1.165) is 0 Å². The van der Waals surface area contributed by atoms with E-state index in [4.69, 9.17) is 13.7 Å². The fourth-order valence-corrected chi connectivity index (χ4v) is 2.54. The molecular formula is C17H24N4O4. The van der Waals surface area contributed by atoms with Gasteiger partial charge in [-0.25, -0.2) is 0 Å². The number of ether oxygens (including phenoxy) is 1. The highest BCUT2D eigenvalue weighted by Gasteiger charge is 2.35. The van der Waals surface area contributed by atoms with Crippen LogP contribution >= 0.6 is 0 Å². The number of hydrogen-bond donors (Lipinski definition) is 0. The van der Waals surface area contributed by atoms with Gasteiger partial charge in [0.15, 0.2) is 5.69 Å². The summed E-state index contributed by atoms with van der Waals surface area (Å²) in [6, 6.07) is 1.28. The van der Waals surface area contributed by atoms with E-state index in [0.29, 0.717) is 37.3 Å². The van der Waals surface area contributed by atoms with E-state index in [1.165, 1.54) is 0 Å². The molecule has 0 unspecified atom stereocenters. The van der Waals surface area contributed by atoms with Gasteiger partial charge >= 0.3 is 0 Å². The minimum Gasteiger partial charge on any atom is -0.423 e. The molecule has 1 aliphatic rings. The molecular weight excluding hydrogens is 324 g/mol. The summed E-state index contributed by atoms with van der Waals surface area (Å²) >= 11 is 0. The summed E-state index contributed by atoms with van der Waals surface area (Å²) < 4.78 is 16.6. The molecule has 1 saturated heterocycles. The van der Waals surface area contributed by atoms with Gasteiger partial charge in [-0.2, -0.15) is 0 Å². The first kappa shape index (κ1) is 17.6. The predicted molar refractivity (Wildman–Crippen MR) is 88.2 cm³/mol. The average Bonchev–Trinajstić information content (AvgIpc) is 3.23. The highest BCUT2D eigenvalue weighted by molar-refractivity contribution is 5.92. The second-order valence-electron chi connectivity index (χ2n) is 7.55. The van der Waals surface area contributed by atoms with Crippen LogP contribution in [-0.2, 0) is 10.2 Å². The molecule has 0 N–H and O–H groups in total. The fourth-order valence-electron chi connectivity index (χ4n) is 2.54. The molecule has 0 aliphatic carbocycles. The molecule has 0 saturated carbocycles. The van der Waals surface area contributed by atoms with Gasteiger partial charge in [-0.15, -0.1) is 10.2 Å². The van der Waals surface area contributed by atoms with Crippen molar-refractivity contribution in [2.45, 2.75) is 52.0 Å². The predicted octanol–water partition coefficient (Wildman–Crippen LogP) is 2.69. The smallest absolute Gasteiger partial charge is 0.276 e. The number of nitrogens with zero attached hydrogens (tertiary/aromatic N) is 4. The zero-order valence-electron chi connectivity index (χ0n) is 15.3. The monoisotopic (exact) mass is 348 g/mol. The van der Waals surface area contributed by atoms with Crippen LogP contribution < -0.4 is 0 Å². The van der Waals surface area contributed by atoms with Crippen LogP contribution in [0.4, 0.5) is 0 Å². The van der Waals surface area contributed by atoms with Crippen LogP contribution in [0.3, 0.4) is 0 Å². The Kier molecular flexibility index (Phi) is 4.64. The summed E-state index contributed by atoms with van der Waals surface area (Å²) in [5.41, 5.74) is 0.0645. The number of carbonyl (C=O) groups is 1. The first-order chi connectivity index (χ1) is 11.8. The van der Waals surface area contributed by atoms with E-state index >= 15 is 0 Å². The van der Waals surface area contributed by atoms with Gasteiger partial charge in [0, 0.05) is 23.9 Å². The van der Waals surface area contributed by atoms with Crippen LogP contribution in [0, 0.1) is 0 Å². The number of morpholine rings is 1. The Morgan fingerprint density at radius 1 is 1.32 bits per heavy atom. The SMILES string of the molecule is CC(C)c1nnc([C@@H]2COCCN2C(=O)c2cc(C(C)(C)C)on2)o1. The van der Waals surface area contributed by atoms with E-state index in [1.807, 2.05) is 34.6 Å². The number of amides is 1. The fraction of sp³-hybridized carbons (Fsp3) is 0.647. The molecule has 0 aromatic carbocycles. The molecule has 3 heterocycles. The van der Waals surface area contributed by atoms with Crippen molar-refractivity contribution in [3.8, 4) is 0 Å². The molecule has 3 rings (SSSR count). The highest BCUT2D eigenvalue weighted by atomic mass is 16.5. The van der Waals surface area contributed by atoms with Crippen LogP contribution in [0.5, 0.6) is 0 Å². The summed E-state index contributed by atoms with van der Waals surface area (Å²) in [7, 11) is 0. The van der Waals surface area contributed by atoms with Crippen LogP contribution in [-0.4, -0.2) is 45.9 Å². The standard InChI is InChI=1S/C17H24N4O4/c1-10(2)14-18-19-15(24-14)12-9-23-7-6-21(12)16(22)11-8-13(25-20-11)17(3,4)5/h8,10,12H,6-7,9H2,1-5H3/t12-/m0/s1. The van der Waals surface area contributed by atoms with Crippen LogP contribution in [0.25, 0.3) is 0 Å². The molecule has 25 heavy (non-hydrogen) atoms. The van der Waals surface area contributed by atoms with E-state index in [9.17, 15) is 4.79 Å². The van der Waals surface area contributed by atoms with Crippen molar-refractivity contribution in [1.29, 1.82) is 0 Å². The van der Waals surface area contributed by atoms with Gasteiger partial charge in [-0.05, 0) is 0 Å². The maximum absolute atomic E-state index is 12.9. The molecule has 2 aromatic heterocycles. The summed E-state index contributed by atoms with van der Waals surface area (Å²) in [6.07, 6.45) is 0. The topological polar surface area (TPSA) is 94.5 Å². The molecule has 8 nitrogen and oxygen atoms in total. The van der Waals surface area contributed by atoms with Crippen molar-refractivity contribution in [2.24, 2.45) is 0 Å². The summed E-state index contributed by atoms with van der Waals surface area (Å²) in [6.45, 7) is 11.2. The summed E-state index contributed by atoms with van der Waals surface area (Å²) in [5.74, 6) is 1.50. The lowest BCUT2D eigenvalue weighted by Crippen LogP contribution is -2.43. The maximum atomic E-state index is 12.9. The number of carbonyl (C=O) groups excluding carboxylic acids is 1. The number of hydrogen-bond acceptors (Lipinski definition) is 7. The van der Waals surface area contributed by atoms with Gasteiger partial charge in [0.25, 0.3) is 5.91 Å². The minimum absolute atomic E-state index is 0.125. The Bertz CT molecular complexity index is 744. The largest absolute Gasteiger partial charge is 0.423 e. The van der Waals surface area contributed by atoms with Gasteiger partial charge in [-0.1, -0.05) is 39.8 Å². The molecule has 1 aliphatic heterocycles. The molecule has 0 radical (unpaired) electrons. The molecule has 136 valence electrons. The molecule has 0 bridgehead atoms. The van der Waals surface area contributed by atoms with E-state index in [1.54, 1.807) is 11.0 Å². The Labute approximate surface area is 146 Å². The Balaban J connectivity index is 1.85. The minimum atomic E-state index is -0.420. The number of rotatable bonds is 3. The van der Waals surface area contributed by atoms with Gasteiger partial charge in [0.05, 0.1) is 13.2 Å². The summed E-state index contributed by atoms with van der Waals surface area (Å²) in [5, 5.41) is 12.1. The van der Waals surface area contributed by atoms with Crippen LogP contribution in [0.1, 0.15) is 74.6 Å². The normalized spacial score (nSPS) is 18.8.